The summed E-state index contributed by atoms with van der Waals surface area (Å²) in [6.45, 7) is 0.496. The summed E-state index contributed by atoms with van der Waals surface area (Å²) in [6, 6.07) is 5.58. The molecule has 0 fully saturated rings. The number of hydrogen-bond donors (Lipinski definition) is 2. The molecule has 0 bridgehead atoms. The molecule has 4 nitrogen and oxygen atoms in total. The standard InChI is InChI=1S/C13H15ClFNO3/c1-8(6-9-4-2-3-5-10(9)14)12(17)16-11(7-15)13(18)19/h2-5,8,11H,6-7H2,1H3,(H,16,17)(H,18,19). The molecule has 6 heteroatoms. The van der Waals surface area contributed by atoms with Gasteiger partial charge in [-0.3, -0.25) is 4.79 Å². The normalized spacial score (nSPS) is 13.6. The van der Waals surface area contributed by atoms with Gasteiger partial charge in [0.1, 0.15) is 6.67 Å². The van der Waals surface area contributed by atoms with Crippen LogP contribution in [-0.4, -0.2) is 29.7 Å². The van der Waals surface area contributed by atoms with Gasteiger partial charge in [-0.1, -0.05) is 36.7 Å². The maximum Gasteiger partial charge on any atom is 0.328 e. The van der Waals surface area contributed by atoms with Crippen molar-refractivity contribution >= 4 is 23.5 Å². The molecule has 1 rings (SSSR count). The Labute approximate surface area is 115 Å². The zero-order valence-electron chi connectivity index (χ0n) is 10.4. The zero-order valence-corrected chi connectivity index (χ0v) is 11.2. The van der Waals surface area contributed by atoms with Crippen molar-refractivity contribution in [3.8, 4) is 0 Å². The molecule has 1 amide bonds. The minimum Gasteiger partial charge on any atom is -0.480 e. The lowest BCUT2D eigenvalue weighted by Crippen LogP contribution is -2.44. The molecule has 0 saturated carbocycles. The van der Waals surface area contributed by atoms with E-state index in [1.807, 2.05) is 0 Å². The molecule has 0 aliphatic rings. The van der Waals surface area contributed by atoms with Gasteiger partial charge in [-0.25, -0.2) is 9.18 Å². The first kappa shape index (κ1) is 15.4. The summed E-state index contributed by atoms with van der Waals surface area (Å²) in [5.74, 6) is -2.39. The predicted octanol–water partition coefficient (Wildman–Crippen LogP) is 2.06. The molecule has 104 valence electrons. The Hall–Kier alpha value is -1.62. The lowest BCUT2D eigenvalue weighted by Gasteiger charge is -2.16. The summed E-state index contributed by atoms with van der Waals surface area (Å²) in [5.41, 5.74) is 0.791. The largest absolute Gasteiger partial charge is 0.480 e. The third kappa shape index (κ3) is 4.52. The van der Waals surface area contributed by atoms with Crippen molar-refractivity contribution < 1.29 is 19.1 Å². The van der Waals surface area contributed by atoms with Gasteiger partial charge in [-0.2, -0.15) is 0 Å². The molecule has 0 heterocycles. The number of hydrogen-bond acceptors (Lipinski definition) is 2. The van der Waals surface area contributed by atoms with Gasteiger partial charge in [0.15, 0.2) is 6.04 Å². The van der Waals surface area contributed by atoms with Crippen molar-refractivity contribution in [1.29, 1.82) is 0 Å². The highest BCUT2D eigenvalue weighted by Gasteiger charge is 2.23. The van der Waals surface area contributed by atoms with E-state index in [0.29, 0.717) is 11.4 Å². The Balaban J connectivity index is 2.63. The van der Waals surface area contributed by atoms with Gasteiger partial charge in [0.05, 0.1) is 0 Å². The number of carbonyl (C=O) groups excluding carboxylic acids is 1. The van der Waals surface area contributed by atoms with Crippen molar-refractivity contribution in [3.05, 3.63) is 34.9 Å². The van der Waals surface area contributed by atoms with Crippen LogP contribution in [-0.2, 0) is 16.0 Å². The Morgan fingerprint density at radius 1 is 1.42 bits per heavy atom. The number of carboxylic acids is 1. The number of nitrogens with one attached hydrogen (secondary N) is 1. The second kappa shape index (κ2) is 7.09. The lowest BCUT2D eigenvalue weighted by atomic mass is 10.00. The van der Waals surface area contributed by atoms with Gasteiger partial charge in [0, 0.05) is 10.9 Å². The second-order valence-corrected chi connectivity index (χ2v) is 4.66. The number of carboxylic acid groups (broad SMARTS) is 1. The smallest absolute Gasteiger partial charge is 0.328 e. The summed E-state index contributed by atoms with van der Waals surface area (Å²) in [6.07, 6.45) is 0.365. The van der Waals surface area contributed by atoms with Gasteiger partial charge in [-0.05, 0) is 18.1 Å². The van der Waals surface area contributed by atoms with E-state index in [2.05, 4.69) is 5.32 Å². The topological polar surface area (TPSA) is 66.4 Å². The van der Waals surface area contributed by atoms with Crippen LogP contribution in [0.5, 0.6) is 0 Å². The number of rotatable bonds is 6. The van der Waals surface area contributed by atoms with Crippen LogP contribution in [0.1, 0.15) is 12.5 Å². The fraction of sp³-hybridized carbons (Fsp3) is 0.385. The molecule has 0 spiro atoms. The molecular formula is C13H15ClFNO3. The van der Waals surface area contributed by atoms with Gasteiger partial charge in [0.2, 0.25) is 5.91 Å². The van der Waals surface area contributed by atoms with Gasteiger partial charge in [0.25, 0.3) is 0 Å². The van der Waals surface area contributed by atoms with E-state index in [0.717, 1.165) is 5.56 Å². The van der Waals surface area contributed by atoms with Crippen LogP contribution in [0.15, 0.2) is 24.3 Å². The molecule has 2 N–H and O–H groups in total. The minimum atomic E-state index is -1.50. The summed E-state index contributed by atoms with van der Waals surface area (Å²) in [5, 5.41) is 11.4. The van der Waals surface area contributed by atoms with Crippen molar-refractivity contribution in [3.63, 3.8) is 0 Å². The highest BCUT2D eigenvalue weighted by molar-refractivity contribution is 6.31. The van der Waals surface area contributed by atoms with Crippen LogP contribution >= 0.6 is 11.6 Å². The monoisotopic (exact) mass is 287 g/mol. The maximum absolute atomic E-state index is 12.4. The van der Waals surface area contributed by atoms with Crippen LogP contribution in [0, 0.1) is 5.92 Å². The first-order chi connectivity index (χ1) is 8.95. The van der Waals surface area contributed by atoms with Gasteiger partial charge in [-0.15, -0.1) is 0 Å². The molecule has 2 atom stereocenters. The van der Waals surface area contributed by atoms with Crippen molar-refractivity contribution in [2.75, 3.05) is 6.67 Å². The fourth-order valence-electron chi connectivity index (χ4n) is 1.57. The van der Waals surface area contributed by atoms with Crippen molar-refractivity contribution in [2.45, 2.75) is 19.4 Å². The zero-order chi connectivity index (χ0) is 14.4. The number of aliphatic carboxylic acids is 1. The fourth-order valence-corrected chi connectivity index (χ4v) is 1.78. The number of benzene rings is 1. The molecule has 0 saturated heterocycles. The van der Waals surface area contributed by atoms with Crippen LogP contribution in [0.25, 0.3) is 0 Å². The molecular weight excluding hydrogens is 273 g/mol. The van der Waals surface area contributed by atoms with Crippen molar-refractivity contribution in [2.24, 2.45) is 5.92 Å². The third-order valence-corrected chi connectivity index (χ3v) is 3.07. The maximum atomic E-state index is 12.4. The van der Waals surface area contributed by atoms with Crippen LogP contribution in [0.4, 0.5) is 4.39 Å². The highest BCUT2D eigenvalue weighted by Crippen LogP contribution is 2.18. The molecule has 0 aliphatic heterocycles. The Bertz CT molecular complexity index is 467. The van der Waals surface area contributed by atoms with Crippen LogP contribution in [0.2, 0.25) is 5.02 Å². The molecule has 1 aromatic carbocycles. The molecule has 0 aliphatic carbocycles. The predicted molar refractivity (Wildman–Crippen MR) is 69.9 cm³/mol. The summed E-state index contributed by atoms with van der Waals surface area (Å²) < 4.78 is 12.4. The summed E-state index contributed by atoms with van der Waals surface area (Å²) in [7, 11) is 0. The number of carbonyl (C=O) groups is 2. The molecule has 19 heavy (non-hydrogen) atoms. The quantitative estimate of drug-likeness (QED) is 0.841. The first-order valence-corrected chi connectivity index (χ1v) is 6.16. The molecule has 0 aromatic heterocycles. The minimum absolute atomic E-state index is 0.365. The van der Waals surface area contributed by atoms with E-state index in [-0.39, 0.29) is 0 Å². The third-order valence-electron chi connectivity index (χ3n) is 2.70. The van der Waals surface area contributed by atoms with E-state index < -0.39 is 30.5 Å². The van der Waals surface area contributed by atoms with E-state index in [1.165, 1.54) is 0 Å². The van der Waals surface area contributed by atoms with Crippen molar-refractivity contribution in [1.82, 2.24) is 5.32 Å². The molecule has 2 unspecified atom stereocenters. The van der Waals surface area contributed by atoms with Gasteiger partial charge >= 0.3 is 5.97 Å². The number of amides is 1. The Morgan fingerprint density at radius 2 is 2.05 bits per heavy atom. The van der Waals surface area contributed by atoms with E-state index in [9.17, 15) is 14.0 Å². The first-order valence-electron chi connectivity index (χ1n) is 5.78. The lowest BCUT2D eigenvalue weighted by molar-refractivity contribution is -0.142. The molecule has 0 radical (unpaired) electrons. The average molecular weight is 288 g/mol. The number of alkyl halides is 1. The van der Waals surface area contributed by atoms with E-state index in [1.54, 1.807) is 31.2 Å². The number of halogens is 2. The SMILES string of the molecule is CC(Cc1ccccc1Cl)C(=O)NC(CF)C(=O)O. The van der Waals surface area contributed by atoms with Gasteiger partial charge < -0.3 is 10.4 Å². The van der Waals surface area contributed by atoms with E-state index in [4.69, 9.17) is 16.7 Å². The Morgan fingerprint density at radius 3 is 2.58 bits per heavy atom. The van der Waals surface area contributed by atoms with E-state index >= 15 is 0 Å². The summed E-state index contributed by atoms with van der Waals surface area (Å²) in [4.78, 5) is 22.4. The molecule has 1 aromatic rings. The second-order valence-electron chi connectivity index (χ2n) is 4.25. The highest BCUT2D eigenvalue weighted by atomic mass is 35.5. The van der Waals surface area contributed by atoms with Crippen LogP contribution < -0.4 is 5.32 Å². The average Bonchev–Trinajstić information content (AvgIpc) is 2.37. The van der Waals surface area contributed by atoms with Crippen LogP contribution in [0.3, 0.4) is 0 Å². The summed E-state index contributed by atoms with van der Waals surface area (Å²) >= 11 is 5.97. The Kier molecular flexibility index (Phi) is 5.76.